The highest BCUT2D eigenvalue weighted by molar-refractivity contribution is 6.09. The van der Waals surface area contributed by atoms with Crippen LogP contribution in [0.2, 0.25) is 0 Å². The summed E-state index contributed by atoms with van der Waals surface area (Å²) in [7, 11) is 0. The van der Waals surface area contributed by atoms with Crippen molar-refractivity contribution in [1.82, 2.24) is 9.97 Å². The predicted octanol–water partition coefficient (Wildman–Crippen LogP) is 15.1. The van der Waals surface area contributed by atoms with Gasteiger partial charge in [0, 0.05) is 33.0 Å². The monoisotopic (exact) mass is 790 g/mol. The lowest BCUT2D eigenvalue weighted by molar-refractivity contribution is 0.670. The largest absolute Gasteiger partial charge is 0.455 e. The van der Waals surface area contributed by atoms with Crippen LogP contribution in [-0.4, -0.2) is 9.97 Å². The lowest BCUT2D eigenvalue weighted by Gasteiger charge is -2.33. The van der Waals surface area contributed by atoms with Gasteiger partial charge in [0.15, 0.2) is 5.82 Å². The van der Waals surface area contributed by atoms with Gasteiger partial charge in [0.05, 0.1) is 16.8 Å². The molecule has 3 nitrogen and oxygen atoms in total. The Hall–Kier alpha value is -8.14. The Bertz CT molecular complexity index is 3400. The molecular formula is C59H38N2O. The van der Waals surface area contributed by atoms with Crippen molar-refractivity contribution in [2.45, 2.75) is 5.41 Å². The third-order valence-electron chi connectivity index (χ3n) is 12.6. The number of fused-ring (bicyclic) bond motifs is 6. The van der Waals surface area contributed by atoms with Crippen LogP contribution >= 0.6 is 0 Å². The van der Waals surface area contributed by atoms with Gasteiger partial charge in [-0.15, -0.1) is 0 Å². The maximum absolute atomic E-state index is 6.40. The molecule has 3 heteroatoms. The summed E-state index contributed by atoms with van der Waals surface area (Å²) in [6, 6.07) is 82.2. The quantitative estimate of drug-likeness (QED) is 0.161. The topological polar surface area (TPSA) is 38.9 Å². The third kappa shape index (κ3) is 5.67. The molecule has 12 rings (SSSR count). The molecule has 62 heavy (non-hydrogen) atoms. The molecule has 1 aliphatic carbocycles. The molecule has 1 aliphatic rings. The maximum atomic E-state index is 6.40. The molecule has 290 valence electrons. The minimum atomic E-state index is -0.452. The first kappa shape index (κ1) is 35.8. The highest BCUT2D eigenvalue weighted by Gasteiger charge is 2.46. The van der Waals surface area contributed by atoms with Crippen LogP contribution in [0.5, 0.6) is 0 Å². The Kier molecular flexibility index (Phi) is 8.39. The van der Waals surface area contributed by atoms with Gasteiger partial charge in [-0.3, -0.25) is 0 Å². The molecule has 0 saturated heterocycles. The smallest absolute Gasteiger partial charge is 0.160 e. The molecule has 0 radical (unpaired) electrons. The van der Waals surface area contributed by atoms with Crippen molar-refractivity contribution in [3.05, 3.63) is 253 Å². The lowest BCUT2D eigenvalue weighted by Crippen LogP contribution is -2.28. The van der Waals surface area contributed by atoms with Gasteiger partial charge in [0.25, 0.3) is 0 Å². The molecule has 0 saturated carbocycles. The van der Waals surface area contributed by atoms with Crippen LogP contribution in [0, 0.1) is 0 Å². The molecular weight excluding hydrogens is 753 g/mol. The number of para-hydroxylation sites is 2. The molecule has 0 N–H and O–H groups in total. The number of furan rings is 1. The molecule has 0 spiro atoms. The maximum Gasteiger partial charge on any atom is 0.160 e. The minimum Gasteiger partial charge on any atom is -0.455 e. The second-order valence-corrected chi connectivity index (χ2v) is 16.0. The van der Waals surface area contributed by atoms with Gasteiger partial charge in [-0.1, -0.05) is 212 Å². The highest BCUT2D eigenvalue weighted by atomic mass is 16.3. The second-order valence-electron chi connectivity index (χ2n) is 16.0. The van der Waals surface area contributed by atoms with Crippen molar-refractivity contribution in [2.24, 2.45) is 0 Å². The van der Waals surface area contributed by atoms with Crippen LogP contribution in [0.25, 0.3) is 89.2 Å². The zero-order valence-corrected chi connectivity index (χ0v) is 33.7. The predicted molar refractivity (Wildman–Crippen MR) is 254 cm³/mol. The average Bonchev–Trinajstić information content (AvgIpc) is 3.89. The number of benzene rings is 9. The fraction of sp³-hybridized carbons (Fsp3) is 0.0169. The Balaban J connectivity index is 0.993. The van der Waals surface area contributed by atoms with E-state index in [1.807, 2.05) is 30.3 Å². The van der Waals surface area contributed by atoms with Gasteiger partial charge in [0.2, 0.25) is 0 Å². The molecule has 9 aromatic carbocycles. The molecule has 0 atom stereocenters. The van der Waals surface area contributed by atoms with E-state index in [-0.39, 0.29) is 0 Å². The van der Waals surface area contributed by atoms with Gasteiger partial charge in [-0.05, 0) is 68.3 Å². The summed E-state index contributed by atoms with van der Waals surface area (Å²) < 4.78 is 6.40. The third-order valence-corrected chi connectivity index (χ3v) is 12.6. The molecule has 0 amide bonds. The molecule has 11 aromatic rings. The summed E-state index contributed by atoms with van der Waals surface area (Å²) >= 11 is 0. The first-order valence-corrected chi connectivity index (χ1v) is 21.1. The summed E-state index contributed by atoms with van der Waals surface area (Å²) in [6.45, 7) is 0. The Labute approximate surface area is 360 Å². The van der Waals surface area contributed by atoms with E-state index in [9.17, 15) is 0 Å². The van der Waals surface area contributed by atoms with E-state index in [4.69, 9.17) is 14.4 Å². The van der Waals surface area contributed by atoms with Crippen LogP contribution in [0.4, 0.5) is 0 Å². The number of hydrogen-bond acceptors (Lipinski definition) is 3. The van der Waals surface area contributed by atoms with E-state index in [2.05, 4.69) is 200 Å². The number of nitrogens with zero attached hydrogens (tertiary/aromatic N) is 2. The zero-order chi connectivity index (χ0) is 41.0. The van der Waals surface area contributed by atoms with Crippen LogP contribution in [-0.2, 0) is 5.41 Å². The van der Waals surface area contributed by atoms with Crippen molar-refractivity contribution in [1.29, 1.82) is 0 Å². The minimum absolute atomic E-state index is 0.452. The molecule has 2 heterocycles. The second kappa shape index (κ2) is 14.5. The number of aromatic nitrogens is 2. The van der Waals surface area contributed by atoms with E-state index in [1.54, 1.807) is 0 Å². The van der Waals surface area contributed by atoms with Gasteiger partial charge in [-0.2, -0.15) is 0 Å². The van der Waals surface area contributed by atoms with Crippen molar-refractivity contribution < 1.29 is 4.42 Å². The van der Waals surface area contributed by atoms with Crippen LogP contribution < -0.4 is 0 Å². The van der Waals surface area contributed by atoms with E-state index in [0.717, 1.165) is 72.3 Å². The molecule has 2 aromatic heterocycles. The van der Waals surface area contributed by atoms with Gasteiger partial charge >= 0.3 is 0 Å². The Morgan fingerprint density at radius 1 is 0.323 bits per heavy atom. The van der Waals surface area contributed by atoms with Crippen LogP contribution in [0.15, 0.2) is 235 Å². The number of hydrogen-bond donors (Lipinski definition) is 0. The Morgan fingerprint density at radius 2 is 0.871 bits per heavy atom. The molecule has 0 aliphatic heterocycles. The van der Waals surface area contributed by atoms with E-state index < -0.39 is 5.41 Å². The average molecular weight is 791 g/mol. The fourth-order valence-electron chi connectivity index (χ4n) is 9.82. The first-order valence-electron chi connectivity index (χ1n) is 21.1. The molecule has 0 unspecified atom stereocenters. The van der Waals surface area contributed by atoms with Crippen molar-refractivity contribution in [3.8, 4) is 67.3 Å². The van der Waals surface area contributed by atoms with Crippen LogP contribution in [0.1, 0.15) is 22.3 Å². The van der Waals surface area contributed by atoms with Crippen molar-refractivity contribution >= 4 is 21.9 Å². The van der Waals surface area contributed by atoms with Gasteiger partial charge in [0.1, 0.15) is 11.2 Å². The van der Waals surface area contributed by atoms with Gasteiger partial charge in [-0.25, -0.2) is 9.97 Å². The van der Waals surface area contributed by atoms with E-state index >= 15 is 0 Å². The lowest BCUT2D eigenvalue weighted by atomic mass is 9.67. The first-order chi connectivity index (χ1) is 30.7. The summed E-state index contributed by atoms with van der Waals surface area (Å²) in [5.74, 6) is 0.683. The normalized spacial score (nSPS) is 12.6. The number of rotatable bonds is 7. The van der Waals surface area contributed by atoms with E-state index in [0.29, 0.717) is 5.82 Å². The van der Waals surface area contributed by atoms with Crippen LogP contribution in [0.3, 0.4) is 0 Å². The molecule has 0 fully saturated rings. The van der Waals surface area contributed by atoms with Crippen molar-refractivity contribution in [3.63, 3.8) is 0 Å². The van der Waals surface area contributed by atoms with E-state index in [1.165, 1.54) is 33.4 Å². The zero-order valence-electron chi connectivity index (χ0n) is 33.7. The summed E-state index contributed by atoms with van der Waals surface area (Å²) in [6.07, 6.45) is 0. The summed E-state index contributed by atoms with van der Waals surface area (Å²) in [5, 5.41) is 2.24. The molecule has 0 bridgehead atoms. The SMILES string of the molecule is c1ccc(-c2nc(-c3ccc(-c4cccc5c4oc4ccccc45)cc3)cc(-c3ccccc3-c3ccc4c(c3)-c3ccccc3C4(c3ccccc3)c3ccccc3)n2)cc1. The summed E-state index contributed by atoms with van der Waals surface area (Å²) in [5.41, 5.74) is 18.1. The highest BCUT2D eigenvalue weighted by Crippen LogP contribution is 2.57. The Morgan fingerprint density at radius 3 is 1.63 bits per heavy atom. The fourth-order valence-corrected chi connectivity index (χ4v) is 9.82. The van der Waals surface area contributed by atoms with Crippen molar-refractivity contribution in [2.75, 3.05) is 0 Å². The van der Waals surface area contributed by atoms with Gasteiger partial charge < -0.3 is 4.42 Å². The summed E-state index contributed by atoms with van der Waals surface area (Å²) in [4.78, 5) is 10.5. The standard InChI is InChI=1S/C59H38N2O/c1-4-17-41(18-5-1)58-60-54(40-33-31-39(32-34-40)46-27-16-28-50-49-26-13-15-30-56(49)62-57(46)50)38-55(61-58)48-25-11-10-23-45(48)42-35-36-53-51(37-42)47-24-12-14-29-52(47)59(53,43-19-6-2-7-20-43)44-21-8-3-9-22-44/h1-38H.